The molecule has 0 aliphatic carbocycles. The molecule has 0 atom stereocenters. The Balaban J connectivity index is 1.87. The molecule has 0 fully saturated rings. The lowest BCUT2D eigenvalue weighted by molar-refractivity contribution is -0.116. The summed E-state index contributed by atoms with van der Waals surface area (Å²) >= 11 is 0. The standard InChI is InChI=1S/C25H31N3O/c1-3-5-6-10-17-25(29)26-24-19-23(21-14-11-13-20(18-21)12-4-2)28(27-24)22-15-8-7-9-16-22/h7-9,11,13-16,18-19H,3-6,10,12,17H2,1-2H3,(H,26,27,29). The number of carbonyl (C=O) groups excluding carboxylic acids is 1. The van der Waals surface area contributed by atoms with Gasteiger partial charge in [0.1, 0.15) is 0 Å². The lowest BCUT2D eigenvalue weighted by Crippen LogP contribution is -2.11. The highest BCUT2D eigenvalue weighted by molar-refractivity contribution is 5.90. The van der Waals surface area contributed by atoms with Crippen LogP contribution in [0.1, 0.15) is 57.9 Å². The molecule has 0 spiro atoms. The van der Waals surface area contributed by atoms with Crippen LogP contribution in [0.25, 0.3) is 16.9 Å². The molecule has 152 valence electrons. The summed E-state index contributed by atoms with van der Waals surface area (Å²) in [5, 5.41) is 7.69. The second kappa shape index (κ2) is 10.6. The van der Waals surface area contributed by atoms with Crippen LogP contribution in [0.4, 0.5) is 5.82 Å². The highest BCUT2D eigenvalue weighted by atomic mass is 16.1. The van der Waals surface area contributed by atoms with Crippen LogP contribution in [0, 0.1) is 0 Å². The van der Waals surface area contributed by atoms with Gasteiger partial charge in [-0.2, -0.15) is 0 Å². The van der Waals surface area contributed by atoms with E-state index in [-0.39, 0.29) is 5.91 Å². The quantitative estimate of drug-likeness (QED) is 0.408. The van der Waals surface area contributed by atoms with Crippen LogP contribution in [0.3, 0.4) is 0 Å². The Morgan fingerprint density at radius 3 is 2.52 bits per heavy atom. The Kier molecular flexibility index (Phi) is 7.62. The number of hydrogen-bond acceptors (Lipinski definition) is 2. The summed E-state index contributed by atoms with van der Waals surface area (Å²) in [6.45, 7) is 4.36. The van der Waals surface area contributed by atoms with Gasteiger partial charge in [0.05, 0.1) is 11.4 Å². The van der Waals surface area contributed by atoms with E-state index >= 15 is 0 Å². The van der Waals surface area contributed by atoms with Crippen molar-refractivity contribution in [2.24, 2.45) is 0 Å². The van der Waals surface area contributed by atoms with Gasteiger partial charge in [0, 0.05) is 18.1 Å². The third-order valence-electron chi connectivity index (χ3n) is 5.00. The zero-order valence-corrected chi connectivity index (χ0v) is 17.5. The predicted molar refractivity (Wildman–Crippen MR) is 120 cm³/mol. The van der Waals surface area contributed by atoms with Crippen molar-refractivity contribution in [3.63, 3.8) is 0 Å². The van der Waals surface area contributed by atoms with Gasteiger partial charge in [-0.15, -0.1) is 5.10 Å². The lowest BCUT2D eigenvalue weighted by Gasteiger charge is -2.08. The number of benzene rings is 2. The fourth-order valence-electron chi connectivity index (χ4n) is 3.51. The van der Waals surface area contributed by atoms with Crippen molar-refractivity contribution in [1.82, 2.24) is 9.78 Å². The summed E-state index contributed by atoms with van der Waals surface area (Å²) in [5.41, 5.74) is 4.38. The van der Waals surface area contributed by atoms with Gasteiger partial charge in [-0.3, -0.25) is 4.79 Å². The Bertz CT molecular complexity index is 915. The second-order valence-corrected chi connectivity index (χ2v) is 7.47. The molecule has 2 aromatic carbocycles. The van der Waals surface area contributed by atoms with Crippen LogP contribution in [-0.4, -0.2) is 15.7 Å². The Morgan fingerprint density at radius 1 is 0.931 bits per heavy atom. The van der Waals surface area contributed by atoms with Crippen LogP contribution >= 0.6 is 0 Å². The number of nitrogens with one attached hydrogen (secondary N) is 1. The maximum atomic E-state index is 12.3. The highest BCUT2D eigenvalue weighted by Crippen LogP contribution is 2.27. The first-order valence-electron chi connectivity index (χ1n) is 10.8. The predicted octanol–water partition coefficient (Wildman–Crippen LogP) is 6.40. The molecule has 0 bridgehead atoms. The number of anilines is 1. The van der Waals surface area contributed by atoms with Crippen molar-refractivity contribution in [2.75, 3.05) is 5.32 Å². The molecule has 1 heterocycles. The molecular weight excluding hydrogens is 358 g/mol. The van der Waals surface area contributed by atoms with Gasteiger partial charge >= 0.3 is 0 Å². The van der Waals surface area contributed by atoms with E-state index in [0.29, 0.717) is 12.2 Å². The fourth-order valence-corrected chi connectivity index (χ4v) is 3.51. The summed E-state index contributed by atoms with van der Waals surface area (Å²) in [4.78, 5) is 12.3. The van der Waals surface area contributed by atoms with Crippen LogP contribution in [0.15, 0.2) is 60.7 Å². The fraction of sp³-hybridized carbons (Fsp3) is 0.360. The molecule has 1 N–H and O–H groups in total. The average Bonchev–Trinajstić information content (AvgIpc) is 3.16. The minimum atomic E-state index is 0.0325. The number of amides is 1. The van der Waals surface area contributed by atoms with Crippen molar-refractivity contribution >= 4 is 11.7 Å². The monoisotopic (exact) mass is 389 g/mol. The minimum Gasteiger partial charge on any atom is -0.309 e. The van der Waals surface area contributed by atoms with E-state index in [2.05, 4.69) is 43.4 Å². The zero-order chi connectivity index (χ0) is 20.5. The van der Waals surface area contributed by atoms with E-state index in [1.165, 1.54) is 18.4 Å². The van der Waals surface area contributed by atoms with Crippen molar-refractivity contribution in [2.45, 2.75) is 58.8 Å². The van der Waals surface area contributed by atoms with Gasteiger partial charge in [0.25, 0.3) is 0 Å². The van der Waals surface area contributed by atoms with Gasteiger partial charge in [0.15, 0.2) is 5.82 Å². The van der Waals surface area contributed by atoms with Crippen molar-refractivity contribution in [3.05, 3.63) is 66.2 Å². The van der Waals surface area contributed by atoms with E-state index in [1.54, 1.807) is 0 Å². The Morgan fingerprint density at radius 2 is 1.76 bits per heavy atom. The van der Waals surface area contributed by atoms with Gasteiger partial charge in [-0.1, -0.05) is 75.9 Å². The molecule has 0 aliphatic rings. The maximum Gasteiger partial charge on any atom is 0.225 e. The number of carbonyl (C=O) groups is 1. The molecular formula is C25H31N3O. The number of nitrogens with zero attached hydrogens (tertiary/aromatic N) is 2. The number of aromatic nitrogens is 2. The summed E-state index contributed by atoms with van der Waals surface area (Å²) in [6, 6.07) is 20.6. The molecule has 1 aromatic heterocycles. The number of rotatable bonds is 10. The Labute approximate surface area is 174 Å². The van der Waals surface area contributed by atoms with Gasteiger partial charge in [0.2, 0.25) is 5.91 Å². The maximum absolute atomic E-state index is 12.3. The van der Waals surface area contributed by atoms with E-state index in [4.69, 9.17) is 5.10 Å². The molecule has 0 unspecified atom stereocenters. The molecule has 29 heavy (non-hydrogen) atoms. The van der Waals surface area contributed by atoms with E-state index < -0.39 is 0 Å². The summed E-state index contributed by atoms with van der Waals surface area (Å²) in [7, 11) is 0. The molecule has 0 saturated heterocycles. The van der Waals surface area contributed by atoms with Gasteiger partial charge < -0.3 is 5.32 Å². The molecule has 0 saturated carbocycles. The first-order chi connectivity index (χ1) is 14.2. The average molecular weight is 390 g/mol. The number of unbranched alkanes of at least 4 members (excludes halogenated alkanes) is 3. The largest absolute Gasteiger partial charge is 0.309 e. The van der Waals surface area contributed by atoms with Crippen LogP contribution in [-0.2, 0) is 11.2 Å². The topological polar surface area (TPSA) is 46.9 Å². The minimum absolute atomic E-state index is 0.0325. The van der Waals surface area contributed by atoms with E-state index in [0.717, 1.165) is 42.6 Å². The third kappa shape index (κ3) is 5.80. The summed E-state index contributed by atoms with van der Waals surface area (Å²) in [5.74, 6) is 0.635. The van der Waals surface area contributed by atoms with Crippen LogP contribution < -0.4 is 5.32 Å². The Hall–Kier alpha value is -2.88. The molecule has 4 heteroatoms. The normalized spacial score (nSPS) is 10.8. The molecule has 1 amide bonds. The van der Waals surface area contributed by atoms with Crippen molar-refractivity contribution in [1.29, 1.82) is 0 Å². The number of para-hydroxylation sites is 1. The first kappa shape index (κ1) is 20.8. The van der Waals surface area contributed by atoms with Crippen LogP contribution in [0.5, 0.6) is 0 Å². The number of aryl methyl sites for hydroxylation is 1. The summed E-state index contributed by atoms with van der Waals surface area (Å²) < 4.78 is 1.91. The van der Waals surface area contributed by atoms with E-state index in [9.17, 15) is 4.79 Å². The second-order valence-electron chi connectivity index (χ2n) is 7.47. The highest BCUT2D eigenvalue weighted by Gasteiger charge is 2.14. The SMILES string of the molecule is CCCCCCC(=O)Nc1cc(-c2cccc(CCC)c2)n(-c2ccccc2)n1. The van der Waals surface area contributed by atoms with Gasteiger partial charge in [-0.25, -0.2) is 4.68 Å². The molecule has 0 aliphatic heterocycles. The molecule has 3 rings (SSSR count). The van der Waals surface area contributed by atoms with Crippen molar-refractivity contribution in [3.8, 4) is 16.9 Å². The zero-order valence-electron chi connectivity index (χ0n) is 17.5. The van der Waals surface area contributed by atoms with Gasteiger partial charge in [-0.05, 0) is 36.6 Å². The first-order valence-corrected chi connectivity index (χ1v) is 10.8. The number of hydrogen-bond donors (Lipinski definition) is 1. The smallest absolute Gasteiger partial charge is 0.225 e. The molecule has 4 nitrogen and oxygen atoms in total. The van der Waals surface area contributed by atoms with Crippen molar-refractivity contribution < 1.29 is 4.79 Å². The third-order valence-corrected chi connectivity index (χ3v) is 5.00. The van der Waals surface area contributed by atoms with E-state index in [1.807, 2.05) is 41.1 Å². The lowest BCUT2D eigenvalue weighted by atomic mass is 10.0. The molecule has 0 radical (unpaired) electrons. The summed E-state index contributed by atoms with van der Waals surface area (Å²) in [6.07, 6.45) is 7.06. The van der Waals surface area contributed by atoms with Crippen LogP contribution in [0.2, 0.25) is 0 Å². The molecule has 3 aromatic rings.